The Hall–Kier alpha value is -1.24. The lowest BCUT2D eigenvalue weighted by molar-refractivity contribution is 0.445. The van der Waals surface area contributed by atoms with Gasteiger partial charge in [-0.25, -0.2) is 0 Å². The van der Waals surface area contributed by atoms with Crippen molar-refractivity contribution < 1.29 is 0 Å². The van der Waals surface area contributed by atoms with Gasteiger partial charge in [-0.05, 0) is 31.0 Å². The van der Waals surface area contributed by atoms with Gasteiger partial charge in [0.25, 0.3) is 0 Å². The average molecular weight is 252 g/mol. The molecule has 17 heavy (non-hydrogen) atoms. The Bertz CT molecular complexity index is 411. The van der Waals surface area contributed by atoms with Crippen molar-refractivity contribution in [2.24, 2.45) is 5.73 Å². The molecule has 0 saturated heterocycles. The zero-order chi connectivity index (χ0) is 12.9. The Morgan fingerprint density at radius 1 is 1.41 bits per heavy atom. The first-order valence-electron chi connectivity index (χ1n) is 5.78. The molecule has 0 aromatic heterocycles. The van der Waals surface area contributed by atoms with Crippen molar-refractivity contribution in [2.45, 2.75) is 32.2 Å². The molecule has 3 nitrogen and oxygen atoms in total. The largest absolute Gasteiger partial charge is 0.377 e. The predicted octanol–water partition coefficient (Wildman–Crippen LogP) is 3.14. The van der Waals surface area contributed by atoms with Crippen molar-refractivity contribution >= 4 is 17.3 Å². The zero-order valence-electron chi connectivity index (χ0n) is 10.3. The number of hydrogen-bond donors (Lipinski definition) is 2. The first-order valence-corrected chi connectivity index (χ1v) is 6.16. The number of halogens is 1. The third-order valence-corrected chi connectivity index (χ3v) is 3.56. The maximum atomic E-state index is 8.77. The topological polar surface area (TPSA) is 61.8 Å². The van der Waals surface area contributed by atoms with Gasteiger partial charge in [-0.1, -0.05) is 25.4 Å². The first kappa shape index (κ1) is 13.8. The van der Waals surface area contributed by atoms with Crippen LogP contribution in [-0.2, 0) is 0 Å². The van der Waals surface area contributed by atoms with Crippen LogP contribution in [0.3, 0.4) is 0 Å². The average Bonchev–Trinajstić information content (AvgIpc) is 2.38. The van der Waals surface area contributed by atoms with E-state index in [9.17, 15) is 0 Å². The zero-order valence-corrected chi connectivity index (χ0v) is 11.0. The maximum absolute atomic E-state index is 8.77. The Morgan fingerprint density at radius 2 is 2.06 bits per heavy atom. The predicted molar refractivity (Wildman–Crippen MR) is 72.2 cm³/mol. The van der Waals surface area contributed by atoms with Gasteiger partial charge in [0, 0.05) is 12.1 Å². The van der Waals surface area contributed by atoms with E-state index in [2.05, 4.69) is 25.2 Å². The molecule has 0 aliphatic heterocycles. The molecule has 0 aliphatic rings. The Kier molecular flexibility index (Phi) is 4.80. The second-order valence-corrected chi connectivity index (χ2v) is 4.53. The van der Waals surface area contributed by atoms with E-state index in [0.717, 1.165) is 18.5 Å². The van der Waals surface area contributed by atoms with E-state index >= 15 is 0 Å². The van der Waals surface area contributed by atoms with Gasteiger partial charge in [0.15, 0.2) is 0 Å². The van der Waals surface area contributed by atoms with Gasteiger partial charge in [-0.15, -0.1) is 0 Å². The molecular weight excluding hydrogens is 234 g/mol. The van der Waals surface area contributed by atoms with Crippen molar-refractivity contribution in [3.63, 3.8) is 0 Å². The molecule has 0 spiro atoms. The van der Waals surface area contributed by atoms with E-state index < -0.39 is 0 Å². The van der Waals surface area contributed by atoms with Gasteiger partial charge in [-0.2, -0.15) is 5.26 Å². The molecular formula is C13H18ClN3. The van der Waals surface area contributed by atoms with Crippen molar-refractivity contribution in [3.8, 4) is 6.07 Å². The fraction of sp³-hybridized carbons (Fsp3) is 0.462. The number of nitrogens with zero attached hydrogens (tertiary/aromatic N) is 1. The number of benzene rings is 1. The smallest absolute Gasteiger partial charge is 0.0992 e. The van der Waals surface area contributed by atoms with E-state index in [1.54, 1.807) is 12.1 Å². The molecule has 0 heterocycles. The minimum Gasteiger partial charge on any atom is -0.377 e. The molecule has 92 valence electrons. The molecule has 0 aliphatic carbocycles. The minimum absolute atomic E-state index is 0.127. The van der Waals surface area contributed by atoms with Gasteiger partial charge in [0.1, 0.15) is 0 Å². The van der Waals surface area contributed by atoms with Crippen LogP contribution in [0.2, 0.25) is 5.02 Å². The number of anilines is 1. The minimum atomic E-state index is -0.127. The van der Waals surface area contributed by atoms with E-state index in [0.29, 0.717) is 17.1 Å². The standard InChI is InChI=1S/C13H18ClN3/c1-3-13(4-2,9-16)17-12-6-5-10(8-15)7-11(12)14/h5-7,17H,3-4,9,16H2,1-2H3. The molecule has 1 aromatic rings. The van der Waals surface area contributed by atoms with Gasteiger partial charge >= 0.3 is 0 Å². The lowest BCUT2D eigenvalue weighted by atomic mass is 9.92. The van der Waals surface area contributed by atoms with E-state index in [1.165, 1.54) is 0 Å². The molecule has 0 radical (unpaired) electrons. The maximum Gasteiger partial charge on any atom is 0.0992 e. The number of rotatable bonds is 5. The van der Waals surface area contributed by atoms with Crippen LogP contribution in [0, 0.1) is 11.3 Å². The highest BCUT2D eigenvalue weighted by atomic mass is 35.5. The Morgan fingerprint density at radius 3 is 2.47 bits per heavy atom. The highest BCUT2D eigenvalue weighted by Gasteiger charge is 2.24. The van der Waals surface area contributed by atoms with Gasteiger partial charge in [-0.3, -0.25) is 0 Å². The molecule has 0 saturated carbocycles. The summed E-state index contributed by atoms with van der Waals surface area (Å²) in [6, 6.07) is 7.31. The summed E-state index contributed by atoms with van der Waals surface area (Å²) in [5.41, 5.74) is 7.09. The third-order valence-electron chi connectivity index (χ3n) is 3.24. The molecule has 4 heteroatoms. The molecule has 0 fully saturated rings. The van der Waals surface area contributed by atoms with Crippen LogP contribution in [0.15, 0.2) is 18.2 Å². The normalized spacial score (nSPS) is 11.0. The molecule has 0 amide bonds. The van der Waals surface area contributed by atoms with Gasteiger partial charge < -0.3 is 11.1 Å². The Labute approximate surface area is 108 Å². The summed E-state index contributed by atoms with van der Waals surface area (Å²) in [4.78, 5) is 0. The summed E-state index contributed by atoms with van der Waals surface area (Å²) in [5.74, 6) is 0. The summed E-state index contributed by atoms with van der Waals surface area (Å²) in [6.07, 6.45) is 1.85. The molecule has 0 unspecified atom stereocenters. The molecule has 1 aromatic carbocycles. The monoisotopic (exact) mass is 251 g/mol. The highest BCUT2D eigenvalue weighted by Crippen LogP contribution is 2.28. The second kappa shape index (κ2) is 5.90. The van der Waals surface area contributed by atoms with E-state index in [4.69, 9.17) is 22.6 Å². The van der Waals surface area contributed by atoms with Crippen LogP contribution in [0.5, 0.6) is 0 Å². The summed E-state index contributed by atoms with van der Waals surface area (Å²) in [7, 11) is 0. The van der Waals surface area contributed by atoms with Crippen LogP contribution in [0.25, 0.3) is 0 Å². The fourth-order valence-electron chi connectivity index (χ4n) is 1.74. The molecule has 0 atom stereocenters. The van der Waals surface area contributed by atoms with Crippen molar-refractivity contribution in [1.29, 1.82) is 5.26 Å². The summed E-state index contributed by atoms with van der Waals surface area (Å²) >= 11 is 6.13. The fourth-order valence-corrected chi connectivity index (χ4v) is 1.97. The molecule has 0 bridgehead atoms. The summed E-state index contributed by atoms with van der Waals surface area (Å²) < 4.78 is 0. The number of nitriles is 1. The number of nitrogens with one attached hydrogen (secondary N) is 1. The lowest BCUT2D eigenvalue weighted by Gasteiger charge is -2.33. The van der Waals surface area contributed by atoms with Gasteiger partial charge in [0.2, 0.25) is 0 Å². The lowest BCUT2D eigenvalue weighted by Crippen LogP contribution is -2.44. The van der Waals surface area contributed by atoms with Crippen molar-refractivity contribution in [2.75, 3.05) is 11.9 Å². The summed E-state index contributed by atoms with van der Waals surface area (Å²) in [6.45, 7) is 4.75. The van der Waals surface area contributed by atoms with E-state index in [1.807, 2.05) is 6.07 Å². The first-order chi connectivity index (χ1) is 8.10. The highest BCUT2D eigenvalue weighted by molar-refractivity contribution is 6.33. The van der Waals surface area contributed by atoms with Crippen molar-refractivity contribution in [3.05, 3.63) is 28.8 Å². The Balaban J connectivity index is 2.99. The molecule has 1 rings (SSSR count). The van der Waals surface area contributed by atoms with Crippen LogP contribution >= 0.6 is 11.6 Å². The van der Waals surface area contributed by atoms with Crippen molar-refractivity contribution in [1.82, 2.24) is 0 Å². The SMILES string of the molecule is CCC(CC)(CN)Nc1ccc(C#N)cc1Cl. The third kappa shape index (κ3) is 3.12. The van der Waals surface area contributed by atoms with Gasteiger partial charge in [0.05, 0.1) is 22.3 Å². The van der Waals surface area contributed by atoms with Crippen LogP contribution in [0.1, 0.15) is 32.3 Å². The quantitative estimate of drug-likeness (QED) is 0.845. The molecule has 3 N–H and O–H groups in total. The van der Waals surface area contributed by atoms with Crippen LogP contribution in [-0.4, -0.2) is 12.1 Å². The summed E-state index contributed by atoms with van der Waals surface area (Å²) in [5, 5.41) is 12.7. The van der Waals surface area contributed by atoms with Crippen LogP contribution < -0.4 is 11.1 Å². The number of hydrogen-bond acceptors (Lipinski definition) is 3. The number of nitrogens with two attached hydrogens (primary N) is 1. The van der Waals surface area contributed by atoms with Crippen LogP contribution in [0.4, 0.5) is 5.69 Å². The van der Waals surface area contributed by atoms with E-state index in [-0.39, 0.29) is 5.54 Å². The second-order valence-electron chi connectivity index (χ2n) is 4.12.